The van der Waals surface area contributed by atoms with Crippen LogP contribution in [0.15, 0.2) is 0 Å². The summed E-state index contributed by atoms with van der Waals surface area (Å²) in [5, 5.41) is 2.97. The zero-order chi connectivity index (χ0) is 15.2. The SMILES string of the molecule is CCN1CCN([C@@H]2CCN(CCC(=O)NC(C)C)C2)CC1. The molecule has 2 saturated heterocycles. The van der Waals surface area contributed by atoms with Crippen molar-refractivity contribution < 1.29 is 4.79 Å². The van der Waals surface area contributed by atoms with Gasteiger partial charge in [-0.3, -0.25) is 9.69 Å². The lowest BCUT2D eigenvalue weighted by atomic mass is 10.2. The molecule has 1 atom stereocenters. The van der Waals surface area contributed by atoms with E-state index in [1.807, 2.05) is 13.8 Å². The van der Waals surface area contributed by atoms with Gasteiger partial charge in [0.1, 0.15) is 0 Å². The fourth-order valence-corrected chi connectivity index (χ4v) is 3.41. The molecule has 1 N–H and O–H groups in total. The Hall–Kier alpha value is -0.650. The van der Waals surface area contributed by atoms with Crippen molar-refractivity contribution in [2.45, 2.75) is 45.7 Å². The Bertz CT molecular complexity index is 326. The van der Waals surface area contributed by atoms with Gasteiger partial charge < -0.3 is 15.1 Å². The Kier molecular flexibility index (Phi) is 6.45. The molecule has 0 unspecified atom stereocenters. The molecule has 0 spiro atoms. The molecule has 0 bridgehead atoms. The van der Waals surface area contributed by atoms with Crippen LogP contribution >= 0.6 is 0 Å². The minimum Gasteiger partial charge on any atom is -0.354 e. The molecule has 0 aromatic carbocycles. The van der Waals surface area contributed by atoms with Crippen molar-refractivity contribution in [3.05, 3.63) is 0 Å². The lowest BCUT2D eigenvalue weighted by Crippen LogP contribution is -2.50. The lowest BCUT2D eigenvalue weighted by molar-refractivity contribution is -0.121. The van der Waals surface area contributed by atoms with E-state index in [-0.39, 0.29) is 11.9 Å². The number of piperazine rings is 1. The standard InChI is InChI=1S/C16H32N4O/c1-4-18-9-11-20(12-10-18)15-5-7-19(13-15)8-6-16(21)17-14(2)3/h14-15H,4-13H2,1-3H3,(H,17,21)/t15-/m1/s1. The fourth-order valence-electron chi connectivity index (χ4n) is 3.41. The summed E-state index contributed by atoms with van der Waals surface area (Å²) in [5.41, 5.74) is 0. The molecule has 0 aromatic heterocycles. The summed E-state index contributed by atoms with van der Waals surface area (Å²) in [4.78, 5) is 19.3. The van der Waals surface area contributed by atoms with Crippen molar-refractivity contribution >= 4 is 5.91 Å². The minimum absolute atomic E-state index is 0.185. The maximum absolute atomic E-state index is 11.7. The molecule has 1 amide bonds. The first-order valence-electron chi connectivity index (χ1n) is 8.56. The second kappa shape index (κ2) is 8.11. The molecule has 21 heavy (non-hydrogen) atoms. The third-order valence-corrected chi connectivity index (χ3v) is 4.72. The van der Waals surface area contributed by atoms with E-state index in [9.17, 15) is 4.79 Å². The highest BCUT2D eigenvalue weighted by molar-refractivity contribution is 5.76. The Morgan fingerprint density at radius 2 is 1.86 bits per heavy atom. The molecular formula is C16H32N4O. The van der Waals surface area contributed by atoms with Crippen LogP contribution in [0.5, 0.6) is 0 Å². The first-order chi connectivity index (χ1) is 10.1. The molecule has 2 fully saturated rings. The number of hydrogen-bond donors (Lipinski definition) is 1. The van der Waals surface area contributed by atoms with Crippen LogP contribution in [0.4, 0.5) is 0 Å². The fraction of sp³-hybridized carbons (Fsp3) is 0.938. The monoisotopic (exact) mass is 296 g/mol. The van der Waals surface area contributed by atoms with Crippen molar-refractivity contribution in [1.82, 2.24) is 20.0 Å². The molecule has 2 aliphatic rings. The van der Waals surface area contributed by atoms with Crippen molar-refractivity contribution in [3.8, 4) is 0 Å². The van der Waals surface area contributed by atoms with Crippen LogP contribution in [0, 0.1) is 0 Å². The van der Waals surface area contributed by atoms with Gasteiger partial charge in [-0.25, -0.2) is 0 Å². The van der Waals surface area contributed by atoms with E-state index in [4.69, 9.17) is 0 Å². The van der Waals surface area contributed by atoms with E-state index in [1.165, 1.54) is 39.1 Å². The Morgan fingerprint density at radius 3 is 2.48 bits per heavy atom. The normalized spacial score (nSPS) is 25.6. The number of rotatable bonds is 6. The molecule has 0 aliphatic carbocycles. The maximum atomic E-state index is 11.7. The van der Waals surface area contributed by atoms with Gasteiger partial charge in [0.25, 0.3) is 0 Å². The highest BCUT2D eigenvalue weighted by Gasteiger charge is 2.29. The van der Waals surface area contributed by atoms with Crippen LogP contribution < -0.4 is 5.32 Å². The van der Waals surface area contributed by atoms with Crippen molar-refractivity contribution in [3.63, 3.8) is 0 Å². The molecule has 0 saturated carbocycles. The second-order valence-corrected chi connectivity index (χ2v) is 6.69. The number of nitrogens with one attached hydrogen (secondary N) is 1. The van der Waals surface area contributed by atoms with Gasteiger partial charge in [0.2, 0.25) is 5.91 Å². The van der Waals surface area contributed by atoms with Crippen molar-refractivity contribution in [2.24, 2.45) is 0 Å². The topological polar surface area (TPSA) is 38.8 Å². The zero-order valence-corrected chi connectivity index (χ0v) is 14.0. The predicted molar refractivity (Wildman–Crippen MR) is 86.4 cm³/mol. The lowest BCUT2D eigenvalue weighted by Gasteiger charge is -2.37. The summed E-state index contributed by atoms with van der Waals surface area (Å²) < 4.78 is 0. The van der Waals surface area contributed by atoms with Gasteiger partial charge in [-0.05, 0) is 33.4 Å². The summed E-state index contributed by atoms with van der Waals surface area (Å²) >= 11 is 0. The van der Waals surface area contributed by atoms with E-state index in [0.29, 0.717) is 12.5 Å². The second-order valence-electron chi connectivity index (χ2n) is 6.69. The zero-order valence-electron chi connectivity index (χ0n) is 14.0. The highest BCUT2D eigenvalue weighted by atomic mass is 16.1. The first kappa shape index (κ1) is 16.7. The molecule has 5 nitrogen and oxygen atoms in total. The largest absolute Gasteiger partial charge is 0.354 e. The number of carbonyl (C=O) groups excluding carboxylic acids is 1. The summed E-state index contributed by atoms with van der Waals surface area (Å²) in [6.07, 6.45) is 1.90. The number of likely N-dealkylation sites (N-methyl/N-ethyl adjacent to an activating group) is 1. The van der Waals surface area contributed by atoms with E-state index in [1.54, 1.807) is 0 Å². The smallest absolute Gasteiger partial charge is 0.221 e. The third-order valence-electron chi connectivity index (χ3n) is 4.72. The van der Waals surface area contributed by atoms with Crippen LogP contribution in [0.25, 0.3) is 0 Å². The molecule has 0 aromatic rings. The van der Waals surface area contributed by atoms with Gasteiger partial charge >= 0.3 is 0 Å². The van der Waals surface area contributed by atoms with Crippen LogP contribution in [0.2, 0.25) is 0 Å². The molecular weight excluding hydrogens is 264 g/mol. The highest BCUT2D eigenvalue weighted by Crippen LogP contribution is 2.17. The van der Waals surface area contributed by atoms with Gasteiger partial charge in [0.05, 0.1) is 0 Å². The summed E-state index contributed by atoms with van der Waals surface area (Å²) in [5.74, 6) is 0.185. The van der Waals surface area contributed by atoms with E-state index < -0.39 is 0 Å². The van der Waals surface area contributed by atoms with Gasteiger partial charge in [-0.1, -0.05) is 6.92 Å². The Morgan fingerprint density at radius 1 is 1.14 bits per heavy atom. The van der Waals surface area contributed by atoms with E-state index >= 15 is 0 Å². The average Bonchev–Trinajstić information content (AvgIpc) is 2.93. The van der Waals surface area contributed by atoms with Crippen LogP contribution in [-0.4, -0.2) is 85.0 Å². The molecule has 2 aliphatic heterocycles. The number of likely N-dealkylation sites (tertiary alicyclic amines) is 1. The number of hydrogen-bond acceptors (Lipinski definition) is 4. The first-order valence-corrected chi connectivity index (χ1v) is 8.56. The number of carbonyl (C=O) groups is 1. The predicted octanol–water partition coefficient (Wildman–Crippen LogP) is 0.613. The summed E-state index contributed by atoms with van der Waals surface area (Å²) in [6.45, 7) is 15.5. The number of nitrogens with zero attached hydrogens (tertiary/aromatic N) is 3. The van der Waals surface area contributed by atoms with Crippen molar-refractivity contribution in [1.29, 1.82) is 0 Å². The minimum atomic E-state index is 0.185. The molecule has 5 heteroatoms. The molecule has 122 valence electrons. The quantitative estimate of drug-likeness (QED) is 0.780. The number of amides is 1. The van der Waals surface area contributed by atoms with Crippen molar-refractivity contribution in [2.75, 3.05) is 52.4 Å². The summed E-state index contributed by atoms with van der Waals surface area (Å²) in [7, 11) is 0. The van der Waals surface area contributed by atoms with E-state index in [0.717, 1.165) is 19.6 Å². The van der Waals surface area contributed by atoms with Crippen LogP contribution in [0.1, 0.15) is 33.6 Å². The van der Waals surface area contributed by atoms with Gasteiger partial charge in [-0.2, -0.15) is 0 Å². The van der Waals surface area contributed by atoms with E-state index in [2.05, 4.69) is 26.9 Å². The molecule has 2 heterocycles. The average molecular weight is 296 g/mol. The Labute approximate surface area is 129 Å². The van der Waals surface area contributed by atoms with Gasteiger partial charge in [0, 0.05) is 57.8 Å². The molecule has 2 rings (SSSR count). The Balaban J connectivity index is 1.66. The van der Waals surface area contributed by atoms with Gasteiger partial charge in [0.15, 0.2) is 0 Å². The molecule has 0 radical (unpaired) electrons. The van der Waals surface area contributed by atoms with Gasteiger partial charge in [-0.15, -0.1) is 0 Å². The third kappa shape index (κ3) is 5.24. The summed E-state index contributed by atoms with van der Waals surface area (Å²) in [6, 6.07) is 0.954. The maximum Gasteiger partial charge on any atom is 0.221 e. The van der Waals surface area contributed by atoms with Crippen LogP contribution in [-0.2, 0) is 4.79 Å². The van der Waals surface area contributed by atoms with Crippen LogP contribution in [0.3, 0.4) is 0 Å².